The lowest BCUT2D eigenvalue weighted by Crippen LogP contribution is -2.53. The number of anilines is 1. The average Bonchev–Trinajstić information content (AvgIpc) is 2.66. The third kappa shape index (κ3) is 5.91. The molecule has 1 saturated heterocycles. The molecule has 2 rings (SSSR count). The fraction of sp³-hybridized carbons (Fsp3) is 0.526. The first-order chi connectivity index (χ1) is 13.3. The summed E-state index contributed by atoms with van der Waals surface area (Å²) in [6.07, 6.45) is 0. The Labute approximate surface area is 163 Å². The Morgan fingerprint density at radius 3 is 2.43 bits per heavy atom. The van der Waals surface area contributed by atoms with Crippen molar-refractivity contribution in [2.24, 2.45) is 0 Å². The highest BCUT2D eigenvalue weighted by atomic mass is 19.1. The number of hydrogen-bond acceptors (Lipinski definition) is 5. The number of aliphatic carboxylic acids is 1. The van der Waals surface area contributed by atoms with Crippen LogP contribution < -0.4 is 10.2 Å². The van der Waals surface area contributed by atoms with Gasteiger partial charge in [0.25, 0.3) is 0 Å². The highest BCUT2D eigenvalue weighted by Crippen LogP contribution is 2.20. The van der Waals surface area contributed by atoms with Gasteiger partial charge in [-0.15, -0.1) is 0 Å². The molecule has 8 nitrogen and oxygen atoms in total. The quantitative estimate of drug-likeness (QED) is 0.663. The molecular weight excluding hydrogens is 367 g/mol. The van der Waals surface area contributed by atoms with Gasteiger partial charge in [0, 0.05) is 46.2 Å². The van der Waals surface area contributed by atoms with E-state index in [1.54, 1.807) is 23.1 Å². The summed E-state index contributed by atoms with van der Waals surface area (Å²) in [5, 5.41) is 11.9. The smallest absolute Gasteiger partial charge is 0.320 e. The summed E-state index contributed by atoms with van der Waals surface area (Å²) in [5.74, 6) is -1.70. The van der Waals surface area contributed by atoms with Crippen molar-refractivity contribution in [2.75, 3.05) is 50.7 Å². The number of nitrogens with one attached hydrogen (secondary N) is 1. The first kappa shape index (κ1) is 21.6. The van der Waals surface area contributed by atoms with Crippen LogP contribution in [0, 0.1) is 5.82 Å². The summed E-state index contributed by atoms with van der Waals surface area (Å²) in [7, 11) is 0. The fourth-order valence-corrected chi connectivity index (χ4v) is 3.12. The lowest BCUT2D eigenvalue weighted by Gasteiger charge is -2.37. The van der Waals surface area contributed by atoms with Gasteiger partial charge in [-0.25, -0.2) is 4.39 Å². The van der Waals surface area contributed by atoms with Gasteiger partial charge in [0.1, 0.15) is 11.9 Å². The molecule has 154 valence electrons. The number of piperazine rings is 1. The second-order valence-electron chi connectivity index (χ2n) is 6.79. The first-order valence-corrected chi connectivity index (χ1v) is 9.28. The van der Waals surface area contributed by atoms with Gasteiger partial charge in [-0.2, -0.15) is 0 Å². The third-order valence-corrected chi connectivity index (χ3v) is 4.84. The van der Waals surface area contributed by atoms with E-state index in [1.807, 2.05) is 4.90 Å². The molecule has 0 saturated carbocycles. The first-order valence-electron chi connectivity index (χ1n) is 9.28. The Bertz CT molecular complexity index is 707. The summed E-state index contributed by atoms with van der Waals surface area (Å²) in [5.41, 5.74) is 0.519. The monoisotopic (exact) mass is 394 g/mol. The Hall–Kier alpha value is -2.68. The number of benzene rings is 1. The number of carbonyl (C=O) groups is 3. The molecular formula is C19H27FN4O4. The van der Waals surface area contributed by atoms with Crippen LogP contribution in [0.5, 0.6) is 0 Å². The van der Waals surface area contributed by atoms with E-state index in [1.165, 1.54) is 24.8 Å². The van der Waals surface area contributed by atoms with Crippen LogP contribution in [0.3, 0.4) is 0 Å². The topological polar surface area (TPSA) is 93.2 Å². The van der Waals surface area contributed by atoms with Crippen molar-refractivity contribution in [1.29, 1.82) is 0 Å². The van der Waals surface area contributed by atoms with Crippen molar-refractivity contribution in [3.05, 3.63) is 30.1 Å². The summed E-state index contributed by atoms with van der Waals surface area (Å²) < 4.78 is 13.9. The molecule has 2 N–H and O–H groups in total. The fourth-order valence-electron chi connectivity index (χ4n) is 3.12. The molecule has 1 atom stereocenters. The van der Waals surface area contributed by atoms with Crippen LogP contribution in [0.1, 0.15) is 13.8 Å². The van der Waals surface area contributed by atoms with Crippen LogP contribution in [-0.2, 0) is 14.4 Å². The van der Waals surface area contributed by atoms with Crippen molar-refractivity contribution in [3.63, 3.8) is 0 Å². The zero-order valence-electron chi connectivity index (χ0n) is 16.2. The Balaban J connectivity index is 1.91. The predicted octanol–water partition coefficient (Wildman–Crippen LogP) is 0.386. The van der Waals surface area contributed by atoms with E-state index in [9.17, 15) is 23.9 Å². The summed E-state index contributed by atoms with van der Waals surface area (Å²) in [6.45, 7) is 5.26. The number of rotatable bonds is 8. The van der Waals surface area contributed by atoms with Crippen molar-refractivity contribution < 1.29 is 23.9 Å². The number of nitrogens with zero attached hydrogens (tertiary/aromatic N) is 3. The number of halogens is 1. The largest absolute Gasteiger partial charge is 0.480 e. The van der Waals surface area contributed by atoms with Crippen molar-refractivity contribution in [3.8, 4) is 0 Å². The maximum Gasteiger partial charge on any atom is 0.320 e. The highest BCUT2D eigenvalue weighted by molar-refractivity contribution is 5.80. The second-order valence-corrected chi connectivity index (χ2v) is 6.79. The second kappa shape index (κ2) is 10.0. The van der Waals surface area contributed by atoms with E-state index in [-0.39, 0.29) is 37.3 Å². The minimum atomic E-state index is -1.03. The highest BCUT2D eigenvalue weighted by Gasteiger charge is 2.27. The molecule has 1 fully saturated rings. The van der Waals surface area contributed by atoms with E-state index in [4.69, 9.17) is 0 Å². The molecule has 0 spiro atoms. The number of amides is 2. The van der Waals surface area contributed by atoms with Crippen molar-refractivity contribution in [1.82, 2.24) is 15.1 Å². The third-order valence-electron chi connectivity index (χ3n) is 4.84. The van der Waals surface area contributed by atoms with Crippen LogP contribution in [0.25, 0.3) is 0 Å². The van der Waals surface area contributed by atoms with E-state index in [2.05, 4.69) is 5.32 Å². The molecule has 1 aliphatic heterocycles. The van der Waals surface area contributed by atoms with E-state index in [0.29, 0.717) is 31.9 Å². The Kier molecular flexibility index (Phi) is 7.74. The molecule has 2 amide bonds. The maximum atomic E-state index is 13.9. The van der Waals surface area contributed by atoms with E-state index < -0.39 is 12.0 Å². The lowest BCUT2D eigenvalue weighted by molar-refractivity contribution is -0.144. The molecule has 1 aromatic carbocycles. The number of hydrogen-bond donors (Lipinski definition) is 2. The lowest BCUT2D eigenvalue weighted by atomic mass is 10.2. The van der Waals surface area contributed by atoms with Gasteiger partial charge in [-0.3, -0.25) is 19.3 Å². The molecule has 0 aliphatic carbocycles. The maximum absolute atomic E-state index is 13.9. The molecule has 0 radical (unpaired) electrons. The van der Waals surface area contributed by atoms with Gasteiger partial charge in [0.15, 0.2) is 0 Å². The number of carbonyl (C=O) groups excluding carboxylic acids is 2. The average molecular weight is 394 g/mol. The molecule has 0 aromatic heterocycles. The number of para-hydroxylation sites is 1. The van der Waals surface area contributed by atoms with E-state index >= 15 is 0 Å². The molecule has 1 unspecified atom stereocenters. The van der Waals surface area contributed by atoms with Crippen molar-refractivity contribution >= 4 is 23.5 Å². The van der Waals surface area contributed by atoms with Gasteiger partial charge >= 0.3 is 5.97 Å². The van der Waals surface area contributed by atoms with Gasteiger partial charge < -0.3 is 20.2 Å². The molecule has 0 bridgehead atoms. The van der Waals surface area contributed by atoms with Gasteiger partial charge in [-0.05, 0) is 19.1 Å². The van der Waals surface area contributed by atoms with Crippen LogP contribution in [-0.4, -0.2) is 84.5 Å². The van der Waals surface area contributed by atoms with Crippen LogP contribution in [0.4, 0.5) is 10.1 Å². The molecule has 1 heterocycles. The minimum absolute atomic E-state index is 0.0489. The van der Waals surface area contributed by atoms with Crippen molar-refractivity contribution in [2.45, 2.75) is 19.9 Å². The zero-order chi connectivity index (χ0) is 20.7. The normalized spacial score (nSPS) is 15.4. The zero-order valence-corrected chi connectivity index (χ0v) is 16.2. The van der Waals surface area contributed by atoms with Crippen LogP contribution in [0.2, 0.25) is 0 Å². The molecule has 28 heavy (non-hydrogen) atoms. The van der Waals surface area contributed by atoms with Crippen LogP contribution >= 0.6 is 0 Å². The summed E-state index contributed by atoms with van der Waals surface area (Å²) in [4.78, 5) is 40.1. The number of carboxylic acids is 1. The van der Waals surface area contributed by atoms with Crippen LogP contribution in [0.15, 0.2) is 24.3 Å². The standard InChI is InChI=1S/C19H27FN4O4/c1-14(19(27)28)24(8-7-21-15(2)25)13-18(26)23-11-9-22(10-12-23)17-6-4-3-5-16(17)20/h3-6,14H,7-13H2,1-2H3,(H,21,25)(H,27,28). The SMILES string of the molecule is CC(=O)NCCN(CC(=O)N1CCN(c2ccccc2F)CC1)C(C)C(=O)O. The Morgan fingerprint density at radius 2 is 1.86 bits per heavy atom. The summed E-state index contributed by atoms with van der Waals surface area (Å²) >= 11 is 0. The number of carboxylic acid groups (broad SMARTS) is 1. The minimum Gasteiger partial charge on any atom is -0.480 e. The van der Waals surface area contributed by atoms with Gasteiger partial charge in [0.2, 0.25) is 11.8 Å². The van der Waals surface area contributed by atoms with Gasteiger partial charge in [-0.1, -0.05) is 12.1 Å². The molecule has 1 aliphatic rings. The van der Waals surface area contributed by atoms with Gasteiger partial charge in [0.05, 0.1) is 12.2 Å². The molecule has 1 aromatic rings. The predicted molar refractivity (Wildman–Crippen MR) is 103 cm³/mol. The molecule has 9 heteroatoms. The van der Waals surface area contributed by atoms with E-state index in [0.717, 1.165) is 0 Å². The summed E-state index contributed by atoms with van der Waals surface area (Å²) in [6, 6.07) is 5.68. The Morgan fingerprint density at radius 1 is 1.21 bits per heavy atom.